The van der Waals surface area contributed by atoms with Crippen LogP contribution in [0.1, 0.15) is 18.2 Å². The van der Waals surface area contributed by atoms with Crippen molar-refractivity contribution >= 4 is 11.6 Å². The SMILES string of the molecule is CC(O)(CNC(=O)Cc1ccc([N+](=O)[O-])cc1)Cc1ccco1. The molecular weight excluding hydrogens is 300 g/mol. The highest BCUT2D eigenvalue weighted by Crippen LogP contribution is 2.14. The van der Waals surface area contributed by atoms with Gasteiger partial charge in [0.2, 0.25) is 5.91 Å². The second-order valence-electron chi connectivity index (χ2n) is 5.63. The third-order valence-electron chi connectivity index (χ3n) is 3.31. The molecule has 0 radical (unpaired) electrons. The fourth-order valence-corrected chi connectivity index (χ4v) is 2.12. The molecule has 0 aliphatic carbocycles. The van der Waals surface area contributed by atoms with Gasteiger partial charge < -0.3 is 14.8 Å². The molecule has 1 aromatic carbocycles. The maximum atomic E-state index is 11.9. The molecular formula is C16H18N2O5. The Morgan fingerprint density at radius 1 is 1.35 bits per heavy atom. The zero-order valence-electron chi connectivity index (χ0n) is 12.7. The Bertz CT molecular complexity index is 662. The van der Waals surface area contributed by atoms with Crippen molar-refractivity contribution < 1.29 is 19.2 Å². The van der Waals surface area contributed by atoms with Crippen molar-refractivity contribution in [2.24, 2.45) is 0 Å². The Labute approximate surface area is 133 Å². The third kappa shape index (κ3) is 5.23. The van der Waals surface area contributed by atoms with Gasteiger partial charge in [0.15, 0.2) is 0 Å². The van der Waals surface area contributed by atoms with E-state index in [1.54, 1.807) is 31.2 Å². The number of carbonyl (C=O) groups is 1. The van der Waals surface area contributed by atoms with Crippen LogP contribution in [-0.4, -0.2) is 28.1 Å². The van der Waals surface area contributed by atoms with E-state index >= 15 is 0 Å². The first-order valence-electron chi connectivity index (χ1n) is 7.10. The Balaban J connectivity index is 1.83. The summed E-state index contributed by atoms with van der Waals surface area (Å²) >= 11 is 0. The van der Waals surface area contributed by atoms with Gasteiger partial charge in [0, 0.05) is 25.1 Å². The molecule has 1 atom stereocenters. The fourth-order valence-electron chi connectivity index (χ4n) is 2.12. The summed E-state index contributed by atoms with van der Waals surface area (Å²) in [4.78, 5) is 22.0. The van der Waals surface area contributed by atoms with E-state index in [1.807, 2.05) is 0 Å². The number of amides is 1. The summed E-state index contributed by atoms with van der Waals surface area (Å²) in [5, 5.41) is 23.5. The van der Waals surface area contributed by atoms with Crippen LogP contribution < -0.4 is 5.32 Å². The summed E-state index contributed by atoms with van der Waals surface area (Å²) in [5.41, 5.74) is -0.475. The molecule has 7 heteroatoms. The normalized spacial score (nSPS) is 13.3. The Morgan fingerprint density at radius 2 is 2.04 bits per heavy atom. The van der Waals surface area contributed by atoms with Crippen LogP contribution in [0, 0.1) is 10.1 Å². The molecule has 122 valence electrons. The standard InChI is InChI=1S/C16H18N2O5/c1-16(20,10-14-3-2-8-23-14)11-17-15(19)9-12-4-6-13(7-5-12)18(21)22/h2-8,20H,9-11H2,1H3,(H,17,19). The minimum atomic E-state index is -1.12. The molecule has 0 saturated heterocycles. The highest BCUT2D eigenvalue weighted by Gasteiger charge is 2.23. The average Bonchev–Trinajstić information content (AvgIpc) is 2.98. The van der Waals surface area contributed by atoms with Crippen molar-refractivity contribution in [3.05, 3.63) is 64.1 Å². The number of hydrogen-bond donors (Lipinski definition) is 2. The number of furan rings is 1. The molecule has 1 heterocycles. The van der Waals surface area contributed by atoms with E-state index < -0.39 is 10.5 Å². The van der Waals surface area contributed by atoms with Crippen molar-refractivity contribution in [2.45, 2.75) is 25.4 Å². The van der Waals surface area contributed by atoms with E-state index in [4.69, 9.17) is 4.42 Å². The van der Waals surface area contributed by atoms with E-state index in [0.717, 1.165) is 0 Å². The predicted octanol–water partition coefficient (Wildman–Crippen LogP) is 1.84. The first-order valence-corrected chi connectivity index (χ1v) is 7.10. The highest BCUT2D eigenvalue weighted by atomic mass is 16.6. The molecule has 7 nitrogen and oxygen atoms in total. The minimum Gasteiger partial charge on any atom is -0.469 e. The van der Waals surface area contributed by atoms with Gasteiger partial charge in [-0.15, -0.1) is 0 Å². The van der Waals surface area contributed by atoms with Gasteiger partial charge in [-0.1, -0.05) is 12.1 Å². The summed E-state index contributed by atoms with van der Waals surface area (Å²) in [6.45, 7) is 1.70. The van der Waals surface area contributed by atoms with Gasteiger partial charge in [-0.25, -0.2) is 0 Å². The summed E-state index contributed by atoms with van der Waals surface area (Å²) in [5.74, 6) is 0.373. The number of nitro groups is 1. The topological polar surface area (TPSA) is 106 Å². The molecule has 2 aromatic rings. The predicted molar refractivity (Wildman–Crippen MR) is 82.8 cm³/mol. The van der Waals surface area contributed by atoms with Crippen molar-refractivity contribution in [3.63, 3.8) is 0 Å². The average molecular weight is 318 g/mol. The molecule has 0 aliphatic rings. The van der Waals surface area contributed by atoms with Crippen LogP contribution in [0.15, 0.2) is 47.1 Å². The lowest BCUT2D eigenvalue weighted by Crippen LogP contribution is -2.42. The second kappa shape index (κ2) is 7.06. The van der Waals surface area contributed by atoms with E-state index in [2.05, 4.69) is 5.32 Å². The number of hydrogen-bond acceptors (Lipinski definition) is 5. The Hall–Kier alpha value is -2.67. The smallest absolute Gasteiger partial charge is 0.269 e. The molecule has 0 fully saturated rings. The van der Waals surface area contributed by atoms with Crippen molar-refractivity contribution in [1.29, 1.82) is 0 Å². The lowest BCUT2D eigenvalue weighted by molar-refractivity contribution is -0.384. The van der Waals surface area contributed by atoms with E-state index in [1.165, 1.54) is 18.4 Å². The highest BCUT2D eigenvalue weighted by molar-refractivity contribution is 5.78. The van der Waals surface area contributed by atoms with Crippen LogP contribution in [0.2, 0.25) is 0 Å². The summed E-state index contributed by atoms with van der Waals surface area (Å²) in [7, 11) is 0. The van der Waals surface area contributed by atoms with Crippen molar-refractivity contribution in [2.75, 3.05) is 6.54 Å². The van der Waals surface area contributed by atoms with Crippen LogP contribution in [0.3, 0.4) is 0 Å². The number of nitrogens with zero attached hydrogens (tertiary/aromatic N) is 1. The van der Waals surface area contributed by atoms with Gasteiger partial charge in [0.1, 0.15) is 5.76 Å². The second-order valence-corrected chi connectivity index (χ2v) is 5.63. The zero-order valence-corrected chi connectivity index (χ0v) is 12.7. The Kier molecular flexibility index (Phi) is 5.13. The van der Waals surface area contributed by atoms with Gasteiger partial charge in [-0.2, -0.15) is 0 Å². The zero-order chi connectivity index (χ0) is 16.9. The van der Waals surface area contributed by atoms with Crippen molar-refractivity contribution in [3.8, 4) is 0 Å². The number of carbonyl (C=O) groups excluding carboxylic acids is 1. The number of nitro benzene ring substituents is 1. The van der Waals surface area contributed by atoms with Crippen LogP contribution in [0.4, 0.5) is 5.69 Å². The van der Waals surface area contributed by atoms with Gasteiger partial charge in [0.25, 0.3) is 5.69 Å². The van der Waals surface area contributed by atoms with Gasteiger partial charge in [-0.3, -0.25) is 14.9 Å². The molecule has 1 unspecified atom stereocenters. The minimum absolute atomic E-state index is 0.0180. The quantitative estimate of drug-likeness (QED) is 0.598. The first kappa shape index (κ1) is 16.7. The van der Waals surface area contributed by atoms with Crippen molar-refractivity contribution in [1.82, 2.24) is 5.32 Å². The lowest BCUT2D eigenvalue weighted by Gasteiger charge is -2.22. The molecule has 23 heavy (non-hydrogen) atoms. The molecule has 0 aliphatic heterocycles. The molecule has 1 aromatic heterocycles. The first-order chi connectivity index (χ1) is 10.9. The number of aliphatic hydroxyl groups is 1. The molecule has 0 spiro atoms. The lowest BCUT2D eigenvalue weighted by atomic mass is 10.0. The molecule has 2 rings (SSSR count). The van der Waals surface area contributed by atoms with Crippen LogP contribution in [-0.2, 0) is 17.6 Å². The number of nitrogens with one attached hydrogen (secondary N) is 1. The summed E-state index contributed by atoms with van der Waals surface area (Å²) < 4.78 is 5.17. The van der Waals surface area contributed by atoms with E-state index in [9.17, 15) is 20.0 Å². The maximum absolute atomic E-state index is 11.9. The monoisotopic (exact) mass is 318 g/mol. The molecule has 0 saturated carbocycles. The molecule has 2 N–H and O–H groups in total. The number of rotatable bonds is 7. The Morgan fingerprint density at radius 3 is 2.61 bits per heavy atom. The maximum Gasteiger partial charge on any atom is 0.269 e. The van der Waals surface area contributed by atoms with Crippen LogP contribution in [0.25, 0.3) is 0 Å². The molecule has 0 bridgehead atoms. The van der Waals surface area contributed by atoms with Gasteiger partial charge in [0.05, 0.1) is 23.2 Å². The molecule has 1 amide bonds. The van der Waals surface area contributed by atoms with Crippen LogP contribution >= 0.6 is 0 Å². The van der Waals surface area contributed by atoms with Gasteiger partial charge in [-0.05, 0) is 24.6 Å². The fraction of sp³-hybridized carbons (Fsp3) is 0.312. The van der Waals surface area contributed by atoms with Gasteiger partial charge >= 0.3 is 0 Å². The number of non-ortho nitro benzene ring substituents is 1. The van der Waals surface area contributed by atoms with Crippen LogP contribution in [0.5, 0.6) is 0 Å². The largest absolute Gasteiger partial charge is 0.469 e. The summed E-state index contributed by atoms with van der Waals surface area (Å²) in [6, 6.07) is 9.29. The van der Waals surface area contributed by atoms with E-state index in [-0.39, 0.29) is 31.0 Å². The third-order valence-corrected chi connectivity index (χ3v) is 3.31. The number of benzene rings is 1. The summed E-state index contributed by atoms with van der Waals surface area (Å²) in [6.07, 6.45) is 1.91. The van der Waals surface area contributed by atoms with E-state index in [0.29, 0.717) is 11.3 Å².